The zero-order valence-corrected chi connectivity index (χ0v) is 13.5. The van der Waals surface area contributed by atoms with Gasteiger partial charge in [-0.2, -0.15) is 4.37 Å². The first-order chi connectivity index (χ1) is 10.1. The molecule has 0 amide bonds. The molecule has 2 aromatic rings. The molecule has 0 aromatic carbocycles. The Morgan fingerprint density at radius 1 is 1.57 bits per heavy atom. The number of thiazole rings is 1. The summed E-state index contributed by atoms with van der Waals surface area (Å²) in [6.45, 7) is 3.41. The summed E-state index contributed by atoms with van der Waals surface area (Å²) in [5.74, 6) is 0.275. The van der Waals surface area contributed by atoms with Gasteiger partial charge in [-0.25, -0.2) is 4.98 Å². The predicted molar refractivity (Wildman–Crippen MR) is 84.7 cm³/mol. The van der Waals surface area contributed by atoms with Crippen molar-refractivity contribution < 1.29 is 9.53 Å². The Morgan fingerprint density at radius 3 is 3.05 bits per heavy atom. The van der Waals surface area contributed by atoms with Crippen LogP contribution in [0, 0.1) is 12.8 Å². The van der Waals surface area contributed by atoms with Crippen molar-refractivity contribution in [1.29, 1.82) is 0 Å². The van der Waals surface area contributed by atoms with Crippen LogP contribution >= 0.6 is 22.9 Å². The summed E-state index contributed by atoms with van der Waals surface area (Å²) < 4.78 is 9.09. The Balaban J connectivity index is 1.89. The SMILES string of the molecule is COC(=O)C1CCN(c2snc(N)c2-c2nc(C)cs2)C1. The first-order valence-electron chi connectivity index (χ1n) is 6.60. The number of methoxy groups -OCH3 is 1. The molecule has 1 saturated heterocycles. The fraction of sp³-hybridized carbons (Fsp3) is 0.462. The molecule has 1 atom stereocenters. The second-order valence-electron chi connectivity index (χ2n) is 5.00. The van der Waals surface area contributed by atoms with Crippen LogP contribution in [0.15, 0.2) is 5.38 Å². The molecule has 1 fully saturated rings. The van der Waals surface area contributed by atoms with Gasteiger partial charge in [0.05, 0.1) is 18.6 Å². The minimum atomic E-state index is -0.151. The van der Waals surface area contributed by atoms with Crippen LogP contribution in [0.25, 0.3) is 10.6 Å². The molecule has 21 heavy (non-hydrogen) atoms. The Labute approximate surface area is 130 Å². The van der Waals surface area contributed by atoms with E-state index in [9.17, 15) is 4.79 Å². The van der Waals surface area contributed by atoms with E-state index in [0.717, 1.165) is 34.2 Å². The fourth-order valence-electron chi connectivity index (χ4n) is 2.48. The number of aryl methyl sites for hydroxylation is 1. The highest BCUT2D eigenvalue weighted by Crippen LogP contribution is 2.42. The summed E-state index contributed by atoms with van der Waals surface area (Å²) in [7, 11) is 1.43. The van der Waals surface area contributed by atoms with E-state index < -0.39 is 0 Å². The minimum Gasteiger partial charge on any atom is -0.469 e. The maximum atomic E-state index is 11.7. The normalized spacial score (nSPS) is 18.2. The first kappa shape index (κ1) is 14.3. The largest absolute Gasteiger partial charge is 0.469 e. The summed E-state index contributed by atoms with van der Waals surface area (Å²) in [5.41, 5.74) is 7.88. The summed E-state index contributed by atoms with van der Waals surface area (Å²) in [6.07, 6.45) is 0.792. The number of aromatic nitrogens is 2. The molecule has 0 spiro atoms. The quantitative estimate of drug-likeness (QED) is 0.871. The van der Waals surface area contributed by atoms with Gasteiger partial charge in [-0.05, 0) is 24.9 Å². The molecule has 1 aliphatic heterocycles. The van der Waals surface area contributed by atoms with Crippen LogP contribution in [0.2, 0.25) is 0 Å². The zero-order valence-electron chi connectivity index (χ0n) is 11.8. The first-order valence-corrected chi connectivity index (χ1v) is 8.26. The van der Waals surface area contributed by atoms with Gasteiger partial charge in [-0.1, -0.05) is 0 Å². The van der Waals surface area contributed by atoms with Gasteiger partial charge in [-0.15, -0.1) is 11.3 Å². The van der Waals surface area contributed by atoms with Gasteiger partial charge in [-0.3, -0.25) is 4.79 Å². The van der Waals surface area contributed by atoms with E-state index in [0.29, 0.717) is 12.4 Å². The molecule has 112 valence electrons. The van der Waals surface area contributed by atoms with Crippen LogP contribution < -0.4 is 10.6 Å². The van der Waals surface area contributed by atoms with Gasteiger partial charge in [0, 0.05) is 24.2 Å². The minimum absolute atomic E-state index is 0.0794. The third-order valence-electron chi connectivity index (χ3n) is 3.54. The zero-order chi connectivity index (χ0) is 15.0. The fourth-order valence-corrected chi connectivity index (χ4v) is 4.25. The van der Waals surface area contributed by atoms with E-state index in [1.54, 1.807) is 11.3 Å². The average molecular weight is 324 g/mol. The van der Waals surface area contributed by atoms with Crippen LogP contribution in [0.4, 0.5) is 10.8 Å². The van der Waals surface area contributed by atoms with Gasteiger partial charge >= 0.3 is 5.97 Å². The predicted octanol–water partition coefficient (Wildman–Crippen LogP) is 2.16. The van der Waals surface area contributed by atoms with Crippen molar-refractivity contribution in [3.05, 3.63) is 11.1 Å². The number of carbonyl (C=O) groups excluding carboxylic acids is 1. The molecule has 3 rings (SSSR count). The van der Waals surface area contributed by atoms with Gasteiger partial charge in [0.25, 0.3) is 0 Å². The Kier molecular flexibility index (Phi) is 3.81. The molecule has 0 aliphatic carbocycles. The third-order valence-corrected chi connectivity index (χ3v) is 5.44. The molecule has 1 aliphatic rings. The maximum Gasteiger partial charge on any atom is 0.310 e. The van der Waals surface area contributed by atoms with Gasteiger partial charge in [0.2, 0.25) is 0 Å². The van der Waals surface area contributed by atoms with E-state index in [1.165, 1.54) is 18.6 Å². The smallest absolute Gasteiger partial charge is 0.310 e. The van der Waals surface area contributed by atoms with Crippen molar-refractivity contribution in [3.63, 3.8) is 0 Å². The summed E-state index contributed by atoms with van der Waals surface area (Å²) in [5, 5.41) is 3.88. The maximum absolute atomic E-state index is 11.7. The highest BCUT2D eigenvalue weighted by Gasteiger charge is 2.32. The van der Waals surface area contributed by atoms with Gasteiger partial charge in [0.15, 0.2) is 0 Å². The van der Waals surface area contributed by atoms with Crippen LogP contribution in [0.3, 0.4) is 0 Å². The molecule has 0 radical (unpaired) electrons. The molecule has 3 heterocycles. The second-order valence-corrected chi connectivity index (χ2v) is 6.61. The number of hydrogen-bond acceptors (Lipinski definition) is 8. The van der Waals surface area contributed by atoms with E-state index in [1.807, 2.05) is 12.3 Å². The van der Waals surface area contributed by atoms with E-state index in [-0.39, 0.29) is 11.9 Å². The number of nitrogens with two attached hydrogens (primary N) is 1. The lowest BCUT2D eigenvalue weighted by molar-refractivity contribution is -0.144. The van der Waals surface area contributed by atoms with Crippen molar-refractivity contribution in [1.82, 2.24) is 9.36 Å². The van der Waals surface area contributed by atoms with Crippen LogP contribution in [0.5, 0.6) is 0 Å². The lowest BCUT2D eigenvalue weighted by atomic mass is 10.1. The van der Waals surface area contributed by atoms with Crippen molar-refractivity contribution in [2.24, 2.45) is 5.92 Å². The Bertz CT molecular complexity index is 667. The number of ether oxygens (including phenoxy) is 1. The number of nitrogen functional groups attached to an aromatic ring is 1. The monoisotopic (exact) mass is 324 g/mol. The molecule has 1 unspecified atom stereocenters. The highest BCUT2D eigenvalue weighted by atomic mass is 32.1. The number of nitrogens with zero attached hydrogens (tertiary/aromatic N) is 3. The number of hydrogen-bond donors (Lipinski definition) is 1. The highest BCUT2D eigenvalue weighted by molar-refractivity contribution is 7.15. The Morgan fingerprint density at radius 2 is 2.38 bits per heavy atom. The number of anilines is 2. The van der Waals surface area contributed by atoms with Crippen molar-refractivity contribution in [3.8, 4) is 10.6 Å². The van der Waals surface area contributed by atoms with Crippen molar-refractivity contribution in [2.45, 2.75) is 13.3 Å². The average Bonchev–Trinajstić information content (AvgIpc) is 3.17. The molecular formula is C13H16N4O2S2. The summed E-state index contributed by atoms with van der Waals surface area (Å²) >= 11 is 2.93. The number of esters is 1. The summed E-state index contributed by atoms with van der Waals surface area (Å²) in [6, 6.07) is 0. The molecular weight excluding hydrogens is 308 g/mol. The third kappa shape index (κ3) is 2.60. The standard InChI is InChI=1S/C13H16N4O2S2/c1-7-6-20-11(15-7)9-10(14)16-21-12(9)17-4-3-8(5-17)13(18)19-2/h6,8H,3-5H2,1-2H3,(H2,14,16). The lowest BCUT2D eigenvalue weighted by Gasteiger charge is -2.16. The topological polar surface area (TPSA) is 81.3 Å². The molecule has 6 nitrogen and oxygen atoms in total. The van der Waals surface area contributed by atoms with Crippen LogP contribution in [-0.2, 0) is 9.53 Å². The van der Waals surface area contributed by atoms with Gasteiger partial charge in [0.1, 0.15) is 15.8 Å². The van der Waals surface area contributed by atoms with Gasteiger partial charge < -0.3 is 15.4 Å². The molecule has 2 aromatic heterocycles. The number of carbonyl (C=O) groups is 1. The van der Waals surface area contributed by atoms with E-state index >= 15 is 0 Å². The molecule has 2 N–H and O–H groups in total. The van der Waals surface area contributed by atoms with E-state index in [4.69, 9.17) is 10.5 Å². The van der Waals surface area contributed by atoms with Crippen molar-refractivity contribution >= 4 is 39.7 Å². The molecule has 0 bridgehead atoms. The van der Waals surface area contributed by atoms with Crippen molar-refractivity contribution in [2.75, 3.05) is 30.8 Å². The molecule has 8 heteroatoms. The summed E-state index contributed by atoms with van der Waals surface area (Å²) in [4.78, 5) is 18.3. The lowest BCUT2D eigenvalue weighted by Crippen LogP contribution is -2.23. The second kappa shape index (κ2) is 5.61. The molecule has 0 saturated carbocycles. The number of rotatable bonds is 3. The van der Waals surface area contributed by atoms with E-state index in [2.05, 4.69) is 14.3 Å². The van der Waals surface area contributed by atoms with Crippen LogP contribution in [-0.4, -0.2) is 35.5 Å². The Hall–Kier alpha value is -1.67. The van der Waals surface area contributed by atoms with Crippen LogP contribution in [0.1, 0.15) is 12.1 Å².